The zero-order valence-corrected chi connectivity index (χ0v) is 11.2. The first-order valence-electron chi connectivity index (χ1n) is 6.59. The molecular weight excluding hydrogens is 226 g/mol. The fourth-order valence-corrected chi connectivity index (χ4v) is 2.17. The van der Waals surface area contributed by atoms with Gasteiger partial charge in [-0.15, -0.1) is 0 Å². The molecule has 1 aliphatic heterocycles. The SMILES string of the molecule is Cc1ccc(C(=O)CNCC2CCCO2)cc1C. The molecule has 1 saturated heterocycles. The van der Waals surface area contributed by atoms with Crippen molar-refractivity contribution in [3.05, 3.63) is 34.9 Å². The summed E-state index contributed by atoms with van der Waals surface area (Å²) in [4.78, 5) is 12.0. The zero-order valence-electron chi connectivity index (χ0n) is 11.2. The summed E-state index contributed by atoms with van der Waals surface area (Å²) in [6.45, 7) is 6.11. The van der Waals surface area contributed by atoms with Gasteiger partial charge in [-0.1, -0.05) is 12.1 Å². The Bertz CT molecular complexity index is 423. The van der Waals surface area contributed by atoms with Crippen molar-refractivity contribution in [3.63, 3.8) is 0 Å². The summed E-state index contributed by atoms with van der Waals surface area (Å²) < 4.78 is 5.50. The van der Waals surface area contributed by atoms with E-state index in [1.54, 1.807) is 0 Å². The minimum Gasteiger partial charge on any atom is -0.377 e. The van der Waals surface area contributed by atoms with E-state index in [1.165, 1.54) is 11.1 Å². The maximum absolute atomic E-state index is 12.0. The van der Waals surface area contributed by atoms with Crippen LogP contribution in [0, 0.1) is 13.8 Å². The maximum Gasteiger partial charge on any atom is 0.176 e. The third kappa shape index (κ3) is 3.40. The van der Waals surface area contributed by atoms with Crippen molar-refractivity contribution in [2.45, 2.75) is 32.8 Å². The third-order valence-corrected chi connectivity index (χ3v) is 3.51. The molecule has 0 aliphatic carbocycles. The number of hydrogen-bond donors (Lipinski definition) is 1. The Morgan fingerprint density at radius 3 is 2.89 bits per heavy atom. The summed E-state index contributed by atoms with van der Waals surface area (Å²) in [7, 11) is 0. The number of carbonyl (C=O) groups excluding carboxylic acids is 1. The summed E-state index contributed by atoms with van der Waals surface area (Å²) in [6.07, 6.45) is 2.53. The summed E-state index contributed by atoms with van der Waals surface area (Å²) in [5.74, 6) is 0.149. The molecule has 0 spiro atoms. The highest BCUT2D eigenvalue weighted by molar-refractivity contribution is 5.97. The number of nitrogens with one attached hydrogen (secondary N) is 1. The van der Waals surface area contributed by atoms with E-state index >= 15 is 0 Å². The second-order valence-corrected chi connectivity index (χ2v) is 4.99. The Hall–Kier alpha value is -1.19. The molecule has 2 rings (SSSR count). The monoisotopic (exact) mass is 247 g/mol. The maximum atomic E-state index is 12.0. The summed E-state index contributed by atoms with van der Waals surface area (Å²) in [5, 5.41) is 3.19. The first-order chi connectivity index (χ1) is 8.66. The molecule has 1 heterocycles. The largest absolute Gasteiger partial charge is 0.377 e. The van der Waals surface area contributed by atoms with Crippen LogP contribution in [0.25, 0.3) is 0 Å². The molecule has 1 aromatic rings. The van der Waals surface area contributed by atoms with E-state index in [2.05, 4.69) is 12.2 Å². The van der Waals surface area contributed by atoms with Crippen LogP contribution < -0.4 is 5.32 Å². The lowest BCUT2D eigenvalue weighted by Crippen LogP contribution is -2.30. The van der Waals surface area contributed by atoms with Crippen molar-refractivity contribution in [3.8, 4) is 0 Å². The van der Waals surface area contributed by atoms with Crippen LogP contribution in [0.5, 0.6) is 0 Å². The molecule has 3 nitrogen and oxygen atoms in total. The molecular formula is C15H21NO2. The van der Waals surface area contributed by atoms with Gasteiger partial charge in [0.05, 0.1) is 12.6 Å². The van der Waals surface area contributed by atoms with Gasteiger partial charge in [0, 0.05) is 18.7 Å². The van der Waals surface area contributed by atoms with Gasteiger partial charge in [0.25, 0.3) is 0 Å². The van der Waals surface area contributed by atoms with E-state index < -0.39 is 0 Å². The first kappa shape index (κ1) is 13.2. The van der Waals surface area contributed by atoms with Gasteiger partial charge < -0.3 is 10.1 Å². The molecule has 1 fully saturated rings. The van der Waals surface area contributed by atoms with Crippen LogP contribution in [0.2, 0.25) is 0 Å². The normalized spacial score (nSPS) is 19.1. The number of Topliss-reactive ketones (excluding diaryl/α,β-unsaturated/α-hetero) is 1. The van der Waals surface area contributed by atoms with Crippen molar-refractivity contribution in [1.29, 1.82) is 0 Å². The third-order valence-electron chi connectivity index (χ3n) is 3.51. The van der Waals surface area contributed by atoms with Gasteiger partial charge >= 0.3 is 0 Å². The fourth-order valence-electron chi connectivity index (χ4n) is 2.17. The molecule has 0 amide bonds. The predicted molar refractivity (Wildman–Crippen MR) is 72.1 cm³/mol. The highest BCUT2D eigenvalue weighted by atomic mass is 16.5. The number of carbonyl (C=O) groups is 1. The lowest BCUT2D eigenvalue weighted by molar-refractivity contribution is 0.0955. The Morgan fingerprint density at radius 1 is 1.39 bits per heavy atom. The summed E-state index contributed by atoms with van der Waals surface area (Å²) in [5.41, 5.74) is 3.18. The second kappa shape index (κ2) is 6.12. The minimum atomic E-state index is 0.149. The molecule has 0 radical (unpaired) electrons. The van der Waals surface area contributed by atoms with Gasteiger partial charge in [0.2, 0.25) is 0 Å². The highest BCUT2D eigenvalue weighted by Crippen LogP contribution is 2.11. The molecule has 1 unspecified atom stereocenters. The molecule has 0 aromatic heterocycles. The molecule has 0 saturated carbocycles. The quantitative estimate of drug-likeness (QED) is 0.811. The highest BCUT2D eigenvalue weighted by Gasteiger charge is 2.15. The van der Waals surface area contributed by atoms with Gasteiger partial charge in [0.15, 0.2) is 5.78 Å². The van der Waals surface area contributed by atoms with Crippen molar-refractivity contribution in [1.82, 2.24) is 5.32 Å². The van der Waals surface area contributed by atoms with Crippen LogP contribution in [0.4, 0.5) is 0 Å². The van der Waals surface area contributed by atoms with Gasteiger partial charge in [-0.2, -0.15) is 0 Å². The van der Waals surface area contributed by atoms with E-state index in [1.807, 2.05) is 25.1 Å². The van der Waals surface area contributed by atoms with E-state index in [0.717, 1.165) is 31.6 Å². The number of ketones is 1. The van der Waals surface area contributed by atoms with E-state index in [9.17, 15) is 4.79 Å². The minimum absolute atomic E-state index is 0.149. The van der Waals surface area contributed by atoms with Gasteiger partial charge in [-0.3, -0.25) is 4.79 Å². The predicted octanol–water partition coefficient (Wildman–Crippen LogP) is 2.25. The van der Waals surface area contributed by atoms with E-state index in [0.29, 0.717) is 6.54 Å². The zero-order chi connectivity index (χ0) is 13.0. The number of rotatable bonds is 5. The number of ether oxygens (including phenoxy) is 1. The molecule has 18 heavy (non-hydrogen) atoms. The lowest BCUT2D eigenvalue weighted by Gasteiger charge is -2.10. The van der Waals surface area contributed by atoms with Gasteiger partial charge in [-0.25, -0.2) is 0 Å². The van der Waals surface area contributed by atoms with Crippen molar-refractivity contribution in [2.24, 2.45) is 0 Å². The van der Waals surface area contributed by atoms with Crippen molar-refractivity contribution >= 4 is 5.78 Å². The fraction of sp³-hybridized carbons (Fsp3) is 0.533. The van der Waals surface area contributed by atoms with Crippen LogP contribution in [0.15, 0.2) is 18.2 Å². The summed E-state index contributed by atoms with van der Waals surface area (Å²) >= 11 is 0. The lowest BCUT2D eigenvalue weighted by atomic mass is 10.0. The first-order valence-corrected chi connectivity index (χ1v) is 6.59. The van der Waals surface area contributed by atoms with Crippen LogP contribution in [-0.4, -0.2) is 31.6 Å². The average Bonchev–Trinajstić information content (AvgIpc) is 2.85. The topological polar surface area (TPSA) is 38.3 Å². The molecule has 1 aliphatic rings. The molecule has 1 atom stereocenters. The molecule has 0 bridgehead atoms. The Kier molecular flexibility index (Phi) is 4.50. The molecule has 98 valence electrons. The standard InChI is InChI=1S/C15H21NO2/c1-11-5-6-13(8-12(11)2)15(17)10-16-9-14-4-3-7-18-14/h5-6,8,14,16H,3-4,7,9-10H2,1-2H3. The molecule has 1 aromatic carbocycles. The average molecular weight is 247 g/mol. The van der Waals surface area contributed by atoms with E-state index in [4.69, 9.17) is 4.74 Å². The van der Waals surface area contributed by atoms with Crippen molar-refractivity contribution in [2.75, 3.05) is 19.7 Å². The number of hydrogen-bond acceptors (Lipinski definition) is 3. The molecule has 3 heteroatoms. The Morgan fingerprint density at radius 2 is 2.22 bits per heavy atom. The second-order valence-electron chi connectivity index (χ2n) is 4.99. The number of aryl methyl sites for hydroxylation is 2. The van der Waals surface area contributed by atoms with Gasteiger partial charge in [0.1, 0.15) is 0 Å². The van der Waals surface area contributed by atoms with Crippen molar-refractivity contribution < 1.29 is 9.53 Å². The Balaban J connectivity index is 1.81. The Labute approximate surface area is 109 Å². The molecule has 1 N–H and O–H groups in total. The van der Waals surface area contributed by atoms with Gasteiger partial charge in [-0.05, 0) is 43.9 Å². The van der Waals surface area contributed by atoms with Crippen LogP contribution >= 0.6 is 0 Å². The van der Waals surface area contributed by atoms with Crippen LogP contribution in [-0.2, 0) is 4.74 Å². The number of benzene rings is 1. The summed E-state index contributed by atoms with van der Waals surface area (Å²) in [6, 6.07) is 5.87. The van der Waals surface area contributed by atoms with Crippen LogP contribution in [0.1, 0.15) is 34.3 Å². The van der Waals surface area contributed by atoms with Crippen LogP contribution in [0.3, 0.4) is 0 Å². The van der Waals surface area contributed by atoms with E-state index in [-0.39, 0.29) is 11.9 Å². The smallest absolute Gasteiger partial charge is 0.176 e.